The highest BCUT2D eigenvalue weighted by Gasteiger charge is 2.25. The highest BCUT2D eigenvalue weighted by atomic mass is 19.1. The Morgan fingerprint density at radius 2 is 1.67 bits per heavy atom. The summed E-state index contributed by atoms with van der Waals surface area (Å²) in [5.74, 6) is -0.276. The van der Waals surface area contributed by atoms with Gasteiger partial charge >= 0.3 is 6.03 Å². The number of urea groups is 1. The van der Waals surface area contributed by atoms with Crippen LogP contribution < -0.4 is 10.2 Å². The average Bonchev–Trinajstić information content (AvgIpc) is 3.08. The number of hydrogen-bond donors (Lipinski definition) is 1. The zero-order valence-electron chi connectivity index (χ0n) is 17.3. The molecule has 1 saturated heterocycles. The molecule has 0 atom stereocenters. The van der Waals surface area contributed by atoms with Gasteiger partial charge in [-0.2, -0.15) is 5.10 Å². The number of nitrogens with zero attached hydrogens (tertiary/aromatic N) is 4. The summed E-state index contributed by atoms with van der Waals surface area (Å²) < 4.78 is 15.0. The molecule has 1 aromatic heterocycles. The van der Waals surface area contributed by atoms with Crippen molar-refractivity contribution in [1.82, 2.24) is 20.0 Å². The fourth-order valence-corrected chi connectivity index (χ4v) is 3.94. The van der Waals surface area contributed by atoms with Crippen molar-refractivity contribution >= 4 is 11.7 Å². The maximum Gasteiger partial charge on any atom is 0.317 e. The molecule has 2 amide bonds. The van der Waals surface area contributed by atoms with Gasteiger partial charge in [0.05, 0.1) is 22.8 Å². The van der Waals surface area contributed by atoms with Gasteiger partial charge in [0, 0.05) is 32.7 Å². The Balaban J connectivity index is 1.37. The Morgan fingerprint density at radius 3 is 2.33 bits per heavy atom. The summed E-state index contributed by atoms with van der Waals surface area (Å²) in [6, 6.07) is 16.2. The standard InChI is InChI=1S/C23H26FN5O/c1-17-22(18(2)29(26-17)21-6-4-3-5-7-21)27-12-14-28(15-13-27)23(30)25-16-19-8-10-20(24)11-9-19/h3-11H,12-16H2,1-2H3,(H,25,30). The molecule has 6 nitrogen and oxygen atoms in total. The van der Waals surface area contributed by atoms with E-state index in [0.717, 1.165) is 41.4 Å². The van der Waals surface area contributed by atoms with Crippen LogP contribution in [0.1, 0.15) is 17.0 Å². The van der Waals surface area contributed by atoms with E-state index < -0.39 is 0 Å². The number of para-hydroxylation sites is 1. The Kier molecular flexibility index (Phi) is 5.70. The maximum atomic E-state index is 13.0. The number of benzene rings is 2. The SMILES string of the molecule is Cc1nn(-c2ccccc2)c(C)c1N1CCN(C(=O)NCc2ccc(F)cc2)CC1. The number of anilines is 1. The first-order valence-corrected chi connectivity index (χ1v) is 10.2. The third-order valence-corrected chi connectivity index (χ3v) is 5.49. The topological polar surface area (TPSA) is 53.4 Å². The Hall–Kier alpha value is -3.35. The van der Waals surface area contributed by atoms with Crippen molar-refractivity contribution in [3.8, 4) is 5.69 Å². The van der Waals surface area contributed by atoms with Crippen LogP contribution in [0.3, 0.4) is 0 Å². The molecule has 1 fully saturated rings. The minimum atomic E-state index is -0.276. The van der Waals surface area contributed by atoms with Crippen molar-refractivity contribution in [3.05, 3.63) is 77.4 Å². The molecule has 0 radical (unpaired) electrons. The van der Waals surface area contributed by atoms with E-state index in [4.69, 9.17) is 5.10 Å². The summed E-state index contributed by atoms with van der Waals surface area (Å²) in [4.78, 5) is 16.6. The van der Waals surface area contributed by atoms with Crippen LogP contribution in [-0.4, -0.2) is 46.9 Å². The number of aromatic nitrogens is 2. The molecular formula is C23H26FN5O. The van der Waals surface area contributed by atoms with Crippen LogP contribution in [0, 0.1) is 19.7 Å². The molecular weight excluding hydrogens is 381 g/mol. The molecule has 4 rings (SSSR count). The second-order valence-electron chi connectivity index (χ2n) is 7.53. The fraction of sp³-hybridized carbons (Fsp3) is 0.304. The third-order valence-electron chi connectivity index (χ3n) is 5.49. The number of carbonyl (C=O) groups excluding carboxylic acids is 1. The van der Waals surface area contributed by atoms with Gasteiger partial charge in [-0.1, -0.05) is 30.3 Å². The predicted octanol–water partition coefficient (Wildman–Crippen LogP) is 3.66. The molecule has 1 N–H and O–H groups in total. The maximum absolute atomic E-state index is 13.0. The van der Waals surface area contributed by atoms with Crippen LogP contribution in [0.15, 0.2) is 54.6 Å². The molecule has 2 heterocycles. The summed E-state index contributed by atoms with van der Waals surface area (Å²) in [6.45, 7) is 7.31. The van der Waals surface area contributed by atoms with E-state index in [1.165, 1.54) is 12.1 Å². The Morgan fingerprint density at radius 1 is 1.00 bits per heavy atom. The average molecular weight is 407 g/mol. The summed E-state index contributed by atoms with van der Waals surface area (Å²) >= 11 is 0. The third kappa shape index (κ3) is 4.15. The molecule has 1 aliphatic rings. The molecule has 0 spiro atoms. The van der Waals surface area contributed by atoms with Gasteiger partial charge in [0.25, 0.3) is 0 Å². The highest BCUT2D eigenvalue weighted by molar-refractivity contribution is 5.74. The number of halogens is 1. The number of carbonyl (C=O) groups is 1. The fourth-order valence-electron chi connectivity index (χ4n) is 3.94. The predicted molar refractivity (Wildman–Crippen MR) is 115 cm³/mol. The molecule has 0 unspecified atom stereocenters. The zero-order valence-corrected chi connectivity index (χ0v) is 17.3. The highest BCUT2D eigenvalue weighted by Crippen LogP contribution is 2.27. The summed E-state index contributed by atoms with van der Waals surface area (Å²) in [7, 11) is 0. The van der Waals surface area contributed by atoms with Crippen molar-refractivity contribution in [2.75, 3.05) is 31.1 Å². The molecule has 156 valence electrons. The quantitative estimate of drug-likeness (QED) is 0.718. The van der Waals surface area contributed by atoms with E-state index in [9.17, 15) is 9.18 Å². The minimum absolute atomic E-state index is 0.0904. The molecule has 3 aromatic rings. The monoisotopic (exact) mass is 407 g/mol. The van der Waals surface area contributed by atoms with E-state index in [-0.39, 0.29) is 11.8 Å². The molecule has 0 aliphatic carbocycles. The molecule has 1 aliphatic heterocycles. The Labute approximate surface area is 175 Å². The molecule has 0 bridgehead atoms. The van der Waals surface area contributed by atoms with Crippen molar-refractivity contribution < 1.29 is 9.18 Å². The van der Waals surface area contributed by atoms with Gasteiger partial charge in [-0.3, -0.25) is 0 Å². The lowest BCUT2D eigenvalue weighted by atomic mass is 10.2. The molecule has 0 saturated carbocycles. The van der Waals surface area contributed by atoms with Gasteiger partial charge in [-0.05, 0) is 43.7 Å². The van der Waals surface area contributed by atoms with E-state index in [1.807, 2.05) is 46.8 Å². The van der Waals surface area contributed by atoms with Gasteiger partial charge in [0.2, 0.25) is 0 Å². The van der Waals surface area contributed by atoms with Crippen molar-refractivity contribution in [2.45, 2.75) is 20.4 Å². The van der Waals surface area contributed by atoms with Crippen LogP contribution in [0.4, 0.5) is 14.9 Å². The zero-order chi connectivity index (χ0) is 21.1. The van der Waals surface area contributed by atoms with Crippen molar-refractivity contribution in [2.24, 2.45) is 0 Å². The van der Waals surface area contributed by atoms with Crippen LogP contribution in [0.2, 0.25) is 0 Å². The van der Waals surface area contributed by atoms with E-state index in [1.54, 1.807) is 12.1 Å². The van der Waals surface area contributed by atoms with E-state index >= 15 is 0 Å². The largest absolute Gasteiger partial charge is 0.365 e. The number of hydrogen-bond acceptors (Lipinski definition) is 3. The second-order valence-corrected chi connectivity index (χ2v) is 7.53. The lowest BCUT2D eigenvalue weighted by Crippen LogP contribution is -2.52. The van der Waals surface area contributed by atoms with Crippen LogP contribution in [0.5, 0.6) is 0 Å². The van der Waals surface area contributed by atoms with Gasteiger partial charge in [0.15, 0.2) is 0 Å². The lowest BCUT2D eigenvalue weighted by Gasteiger charge is -2.36. The van der Waals surface area contributed by atoms with Gasteiger partial charge in [-0.25, -0.2) is 13.9 Å². The smallest absolute Gasteiger partial charge is 0.317 e. The number of aryl methyl sites for hydroxylation is 1. The second kappa shape index (κ2) is 8.57. The normalized spacial score (nSPS) is 14.1. The Bertz CT molecular complexity index is 1010. The molecule has 7 heteroatoms. The van der Waals surface area contributed by atoms with Crippen LogP contribution >= 0.6 is 0 Å². The lowest BCUT2D eigenvalue weighted by molar-refractivity contribution is 0.194. The number of nitrogens with one attached hydrogen (secondary N) is 1. The molecule has 30 heavy (non-hydrogen) atoms. The molecule has 2 aromatic carbocycles. The van der Waals surface area contributed by atoms with Gasteiger partial charge < -0.3 is 15.1 Å². The summed E-state index contributed by atoms with van der Waals surface area (Å²) in [5, 5.41) is 7.66. The van der Waals surface area contributed by atoms with Crippen LogP contribution in [0.25, 0.3) is 5.69 Å². The summed E-state index contributed by atoms with van der Waals surface area (Å²) in [6.07, 6.45) is 0. The van der Waals surface area contributed by atoms with E-state index in [2.05, 4.69) is 17.1 Å². The van der Waals surface area contributed by atoms with Gasteiger partial charge in [0.1, 0.15) is 5.82 Å². The van der Waals surface area contributed by atoms with Crippen molar-refractivity contribution in [3.63, 3.8) is 0 Å². The number of amides is 2. The van der Waals surface area contributed by atoms with Crippen LogP contribution in [-0.2, 0) is 6.54 Å². The number of rotatable bonds is 4. The number of piperazine rings is 1. The minimum Gasteiger partial charge on any atom is -0.365 e. The summed E-state index contributed by atoms with van der Waals surface area (Å²) in [5.41, 5.74) is 5.16. The first kappa shape index (κ1) is 19.9. The van der Waals surface area contributed by atoms with Gasteiger partial charge in [-0.15, -0.1) is 0 Å². The van der Waals surface area contributed by atoms with Crippen molar-refractivity contribution in [1.29, 1.82) is 0 Å². The first-order valence-electron chi connectivity index (χ1n) is 10.2. The van der Waals surface area contributed by atoms with E-state index in [0.29, 0.717) is 19.6 Å². The first-order chi connectivity index (χ1) is 14.5.